The Hall–Kier alpha value is -3.00. The van der Waals surface area contributed by atoms with Crippen LogP contribution in [0.15, 0.2) is 77.7 Å². The zero-order valence-corrected chi connectivity index (χ0v) is 20.1. The lowest BCUT2D eigenvalue weighted by atomic mass is 10.2. The minimum absolute atomic E-state index is 0.164. The van der Waals surface area contributed by atoms with Gasteiger partial charge in [-0.2, -0.15) is 0 Å². The van der Waals surface area contributed by atoms with Crippen LogP contribution in [0.25, 0.3) is 6.08 Å². The van der Waals surface area contributed by atoms with Crippen LogP contribution >= 0.6 is 35.6 Å². The molecule has 3 aromatic rings. The van der Waals surface area contributed by atoms with Crippen molar-refractivity contribution >= 4 is 57.6 Å². The normalized spacial score (nSPS) is 14.6. The number of thioether (sulfide) groups is 1. The van der Waals surface area contributed by atoms with Gasteiger partial charge in [0.2, 0.25) is 0 Å². The first-order chi connectivity index (χ1) is 16.0. The number of carbonyl (C=O) groups is 1. The Morgan fingerprint density at radius 2 is 1.55 bits per heavy atom. The van der Waals surface area contributed by atoms with Gasteiger partial charge in [-0.3, -0.25) is 9.69 Å². The summed E-state index contributed by atoms with van der Waals surface area (Å²) < 4.78 is 17.0. The van der Waals surface area contributed by atoms with Gasteiger partial charge in [0, 0.05) is 5.02 Å². The van der Waals surface area contributed by atoms with Crippen molar-refractivity contribution in [1.82, 2.24) is 0 Å². The van der Waals surface area contributed by atoms with Gasteiger partial charge in [-0.25, -0.2) is 0 Å². The maximum atomic E-state index is 12.9. The number of methoxy groups -OCH3 is 1. The first kappa shape index (κ1) is 23.2. The molecule has 0 bridgehead atoms. The van der Waals surface area contributed by atoms with E-state index in [4.69, 9.17) is 38.0 Å². The van der Waals surface area contributed by atoms with Crippen LogP contribution in [0, 0.1) is 0 Å². The predicted octanol–water partition coefficient (Wildman–Crippen LogP) is 6.21. The van der Waals surface area contributed by atoms with Crippen LogP contribution in [0.3, 0.4) is 0 Å². The summed E-state index contributed by atoms with van der Waals surface area (Å²) in [6.07, 6.45) is 1.82. The second kappa shape index (κ2) is 10.7. The molecule has 0 unspecified atom stereocenters. The molecule has 33 heavy (non-hydrogen) atoms. The predicted molar refractivity (Wildman–Crippen MR) is 138 cm³/mol. The fraction of sp³-hybridized carbons (Fsp3) is 0.120. The molecule has 0 aromatic heterocycles. The number of anilines is 1. The molecule has 1 saturated heterocycles. The Labute approximate surface area is 206 Å². The van der Waals surface area contributed by atoms with Crippen LogP contribution < -0.4 is 19.1 Å². The molecule has 1 amide bonds. The highest BCUT2D eigenvalue weighted by atomic mass is 35.5. The molecule has 1 aliphatic heterocycles. The summed E-state index contributed by atoms with van der Waals surface area (Å²) in [5.41, 5.74) is 1.54. The third kappa shape index (κ3) is 5.87. The second-order valence-corrected chi connectivity index (χ2v) is 9.05. The number of amides is 1. The number of hydrogen-bond donors (Lipinski definition) is 0. The molecular formula is C25H20ClNO4S2. The zero-order valence-electron chi connectivity index (χ0n) is 17.7. The summed E-state index contributed by atoms with van der Waals surface area (Å²) in [5.74, 6) is 2.09. The summed E-state index contributed by atoms with van der Waals surface area (Å²) in [6, 6.07) is 22.0. The van der Waals surface area contributed by atoms with Crippen molar-refractivity contribution in [2.75, 3.05) is 25.2 Å². The smallest absolute Gasteiger partial charge is 0.270 e. The molecule has 1 aliphatic rings. The van der Waals surface area contributed by atoms with E-state index in [2.05, 4.69) is 0 Å². The molecule has 0 radical (unpaired) electrons. The molecule has 3 aromatic carbocycles. The van der Waals surface area contributed by atoms with Crippen molar-refractivity contribution in [3.05, 3.63) is 88.3 Å². The highest BCUT2D eigenvalue weighted by molar-refractivity contribution is 8.27. The molecule has 0 spiro atoms. The molecule has 0 N–H and O–H groups in total. The van der Waals surface area contributed by atoms with Crippen molar-refractivity contribution < 1.29 is 19.0 Å². The zero-order chi connectivity index (χ0) is 23.2. The van der Waals surface area contributed by atoms with E-state index in [9.17, 15) is 4.79 Å². The molecule has 4 rings (SSSR count). The summed E-state index contributed by atoms with van der Waals surface area (Å²) in [5, 5.41) is 0.551. The number of hydrogen-bond acceptors (Lipinski definition) is 6. The van der Waals surface area contributed by atoms with Crippen LogP contribution in [0.4, 0.5) is 5.69 Å². The Morgan fingerprint density at radius 3 is 2.15 bits per heavy atom. The SMILES string of the molecule is COc1ccc(OCCOc2ccc(/C=C3\SC(=S)N(c4cccc(Cl)c4)C3=O)cc2)cc1. The van der Waals surface area contributed by atoms with E-state index in [-0.39, 0.29) is 5.91 Å². The van der Waals surface area contributed by atoms with Crippen LogP contribution in [-0.4, -0.2) is 30.6 Å². The van der Waals surface area contributed by atoms with Gasteiger partial charge in [-0.15, -0.1) is 0 Å². The van der Waals surface area contributed by atoms with E-state index in [1.54, 1.807) is 25.3 Å². The van der Waals surface area contributed by atoms with Gasteiger partial charge in [-0.1, -0.05) is 53.8 Å². The summed E-state index contributed by atoms with van der Waals surface area (Å²) in [6.45, 7) is 0.823. The van der Waals surface area contributed by atoms with Crippen LogP contribution in [0.2, 0.25) is 5.02 Å². The fourth-order valence-corrected chi connectivity index (χ4v) is 4.59. The maximum Gasteiger partial charge on any atom is 0.270 e. The lowest BCUT2D eigenvalue weighted by Gasteiger charge is -2.14. The van der Waals surface area contributed by atoms with Gasteiger partial charge >= 0.3 is 0 Å². The number of ether oxygens (including phenoxy) is 3. The van der Waals surface area contributed by atoms with Crippen molar-refractivity contribution in [2.24, 2.45) is 0 Å². The third-order valence-electron chi connectivity index (χ3n) is 4.72. The average Bonchev–Trinajstić information content (AvgIpc) is 3.10. The number of nitrogens with zero attached hydrogens (tertiary/aromatic N) is 1. The highest BCUT2D eigenvalue weighted by Crippen LogP contribution is 2.36. The molecular weight excluding hydrogens is 478 g/mol. The molecule has 0 saturated carbocycles. The quantitative estimate of drug-likeness (QED) is 0.209. The van der Waals surface area contributed by atoms with Crippen LogP contribution in [0.1, 0.15) is 5.56 Å². The summed E-state index contributed by atoms with van der Waals surface area (Å²) in [4.78, 5) is 14.9. The van der Waals surface area contributed by atoms with E-state index in [1.807, 2.05) is 60.7 Å². The van der Waals surface area contributed by atoms with Gasteiger partial charge in [0.05, 0.1) is 17.7 Å². The summed E-state index contributed by atoms with van der Waals surface area (Å²) >= 11 is 12.7. The van der Waals surface area contributed by atoms with Gasteiger partial charge in [-0.05, 0) is 66.2 Å². The van der Waals surface area contributed by atoms with Crippen LogP contribution in [0.5, 0.6) is 17.2 Å². The number of thiocarbonyl (C=S) groups is 1. The van der Waals surface area contributed by atoms with Gasteiger partial charge in [0.25, 0.3) is 5.91 Å². The summed E-state index contributed by atoms with van der Waals surface area (Å²) in [7, 11) is 1.63. The number of carbonyl (C=O) groups excluding carboxylic acids is 1. The van der Waals surface area contributed by atoms with Crippen molar-refractivity contribution in [1.29, 1.82) is 0 Å². The highest BCUT2D eigenvalue weighted by Gasteiger charge is 2.33. The Balaban J connectivity index is 1.32. The lowest BCUT2D eigenvalue weighted by Crippen LogP contribution is -2.27. The first-order valence-corrected chi connectivity index (χ1v) is 11.7. The fourth-order valence-electron chi connectivity index (χ4n) is 3.11. The number of benzene rings is 3. The number of halogens is 1. The topological polar surface area (TPSA) is 48.0 Å². The minimum Gasteiger partial charge on any atom is -0.497 e. The molecule has 0 atom stereocenters. The Kier molecular flexibility index (Phi) is 7.54. The molecule has 168 valence electrons. The Morgan fingerprint density at radius 1 is 0.939 bits per heavy atom. The van der Waals surface area contributed by atoms with E-state index in [0.717, 1.165) is 22.8 Å². The van der Waals surface area contributed by atoms with E-state index in [0.29, 0.717) is 33.1 Å². The van der Waals surface area contributed by atoms with Crippen molar-refractivity contribution in [3.63, 3.8) is 0 Å². The molecule has 8 heteroatoms. The number of rotatable bonds is 8. The minimum atomic E-state index is -0.164. The molecule has 0 aliphatic carbocycles. The largest absolute Gasteiger partial charge is 0.497 e. The lowest BCUT2D eigenvalue weighted by molar-refractivity contribution is -0.113. The van der Waals surface area contributed by atoms with Gasteiger partial charge < -0.3 is 14.2 Å². The molecule has 1 fully saturated rings. The Bertz CT molecular complexity index is 1180. The maximum absolute atomic E-state index is 12.9. The second-order valence-electron chi connectivity index (χ2n) is 6.94. The monoisotopic (exact) mass is 497 g/mol. The van der Waals surface area contributed by atoms with Crippen molar-refractivity contribution in [3.8, 4) is 17.2 Å². The van der Waals surface area contributed by atoms with Gasteiger partial charge in [0.1, 0.15) is 30.5 Å². The van der Waals surface area contributed by atoms with Crippen LogP contribution in [-0.2, 0) is 4.79 Å². The molecule has 5 nitrogen and oxygen atoms in total. The average molecular weight is 498 g/mol. The molecule has 1 heterocycles. The standard InChI is InChI=1S/C25H20ClNO4S2/c1-29-20-9-11-22(12-10-20)31-14-13-30-21-7-5-17(6-8-21)15-23-24(28)27(25(32)33-23)19-4-2-3-18(26)16-19/h2-12,15-16H,13-14H2,1H3/b23-15-. The van der Waals surface area contributed by atoms with E-state index < -0.39 is 0 Å². The van der Waals surface area contributed by atoms with E-state index >= 15 is 0 Å². The van der Waals surface area contributed by atoms with Gasteiger partial charge in [0.15, 0.2) is 4.32 Å². The van der Waals surface area contributed by atoms with Crippen molar-refractivity contribution in [2.45, 2.75) is 0 Å². The van der Waals surface area contributed by atoms with E-state index in [1.165, 1.54) is 16.7 Å². The first-order valence-electron chi connectivity index (χ1n) is 10.1. The third-order valence-corrected chi connectivity index (χ3v) is 6.26.